The van der Waals surface area contributed by atoms with E-state index in [1.807, 2.05) is 80.1 Å². The van der Waals surface area contributed by atoms with Crippen LogP contribution in [0.5, 0.6) is 11.5 Å². The molecular weight excluding hydrogens is 989 g/mol. The first kappa shape index (κ1) is 39.9. The minimum Gasteiger partial charge on any atom is -0.458 e. The molecule has 0 bridgehead atoms. The molecule has 80 heavy (non-hydrogen) atoms. The molecule has 3 aromatic heterocycles. The number of rotatable bonds is 11. The third-order valence-corrected chi connectivity index (χ3v) is 20.0. The summed E-state index contributed by atoms with van der Waals surface area (Å²) in [6.45, 7) is 12.5. The Hall–Kier alpha value is -9.36. The molecule has 388 valence electrons. The number of hydrogen-bond acceptors (Lipinski definition) is 2. The summed E-state index contributed by atoms with van der Waals surface area (Å²) in [6.07, 6.45) is 5.48. The zero-order chi connectivity index (χ0) is 63.3. The SMILES string of the molecule is [2H]c1c([2H])c([2H])c(-c2cc(C(C)(C)C)cc(-c3c([2H])c([2H])c([2H])c([2H])c3[2H])c2-[n+]2[c-]n(-c3cccc(Oc4cc5c(cc4[Si](c4ccccc4)(c4ccccc4)c4ccccc4)c4ccccc4n5-c4cc(C(C)(C)C)ccn4)c3)c3ccccc32)c([2H])c1[2H]. The molecule has 0 fully saturated rings. The van der Waals surface area contributed by atoms with Gasteiger partial charge in [-0.25, -0.2) is 4.98 Å². The summed E-state index contributed by atoms with van der Waals surface area (Å²) in [5.74, 6) is 1.89. The minimum atomic E-state index is -3.36. The van der Waals surface area contributed by atoms with Crippen LogP contribution in [0.1, 0.15) is 66.4 Å². The van der Waals surface area contributed by atoms with Crippen LogP contribution in [0.3, 0.4) is 0 Å². The van der Waals surface area contributed by atoms with Crippen molar-refractivity contribution in [1.29, 1.82) is 0 Å². The Morgan fingerprint density at radius 3 is 1.64 bits per heavy atom. The molecule has 13 rings (SSSR count). The van der Waals surface area contributed by atoms with Gasteiger partial charge >= 0.3 is 0 Å². The van der Waals surface area contributed by atoms with E-state index >= 15 is 0 Å². The van der Waals surface area contributed by atoms with Gasteiger partial charge < -0.3 is 4.74 Å². The number of benzene rings is 10. The first-order valence-electron chi connectivity index (χ1n) is 31.9. The molecule has 0 atom stereocenters. The second-order valence-electron chi connectivity index (χ2n) is 22.2. The third kappa shape index (κ3) is 8.82. The highest BCUT2D eigenvalue weighted by molar-refractivity contribution is 7.20. The van der Waals surface area contributed by atoms with E-state index in [1.165, 1.54) is 0 Å². The quantitative estimate of drug-likeness (QED) is 0.0560. The zero-order valence-corrected chi connectivity index (χ0v) is 46.3. The van der Waals surface area contributed by atoms with Gasteiger partial charge in [0.15, 0.2) is 8.07 Å². The first-order chi connectivity index (χ1) is 43.1. The van der Waals surface area contributed by atoms with E-state index in [9.17, 15) is 5.48 Å². The molecule has 0 spiro atoms. The number of nitrogens with zero attached hydrogens (tertiary/aromatic N) is 4. The lowest BCUT2D eigenvalue weighted by atomic mass is 9.82. The Labute approximate surface area is 484 Å². The van der Waals surface area contributed by atoms with E-state index in [-0.39, 0.29) is 33.4 Å². The summed E-state index contributed by atoms with van der Waals surface area (Å²) < 4.78 is 104. The summed E-state index contributed by atoms with van der Waals surface area (Å²) in [7, 11) is -3.36. The highest BCUT2D eigenvalue weighted by Crippen LogP contribution is 2.40. The predicted molar refractivity (Wildman–Crippen MR) is 334 cm³/mol. The second kappa shape index (κ2) is 20.1. The van der Waals surface area contributed by atoms with Crippen LogP contribution in [0, 0.1) is 6.33 Å². The second-order valence-corrected chi connectivity index (χ2v) is 26.0. The number of ether oxygens (including phenoxy) is 1. The molecule has 10 aromatic carbocycles. The van der Waals surface area contributed by atoms with Crippen LogP contribution in [-0.4, -0.2) is 22.2 Å². The van der Waals surface area contributed by atoms with Crippen LogP contribution in [-0.2, 0) is 10.8 Å². The predicted octanol–water partition coefficient (Wildman–Crippen LogP) is 15.3. The number of pyridine rings is 1. The van der Waals surface area contributed by atoms with Crippen LogP contribution in [0.4, 0.5) is 0 Å². The highest BCUT2D eigenvalue weighted by Gasteiger charge is 2.44. The Morgan fingerprint density at radius 1 is 0.500 bits per heavy atom. The molecule has 0 radical (unpaired) electrons. The van der Waals surface area contributed by atoms with Crippen LogP contribution in [0.2, 0.25) is 0 Å². The van der Waals surface area contributed by atoms with Crippen molar-refractivity contribution in [3.05, 3.63) is 284 Å². The molecule has 0 unspecified atom stereocenters. The van der Waals surface area contributed by atoms with Crippen molar-refractivity contribution in [2.75, 3.05) is 0 Å². The van der Waals surface area contributed by atoms with Crippen LogP contribution < -0.4 is 30.1 Å². The lowest BCUT2D eigenvalue weighted by molar-refractivity contribution is -0.571. The first-order valence-corrected chi connectivity index (χ1v) is 28.9. The van der Waals surface area contributed by atoms with Crippen molar-refractivity contribution in [3.63, 3.8) is 0 Å². The normalized spacial score (nSPS) is 13.9. The van der Waals surface area contributed by atoms with Crippen LogP contribution in [0.25, 0.3) is 72.3 Å². The Morgan fingerprint density at radius 2 is 1.05 bits per heavy atom. The van der Waals surface area contributed by atoms with Crippen molar-refractivity contribution in [3.8, 4) is 50.9 Å². The summed E-state index contributed by atoms with van der Waals surface area (Å²) in [5, 5.41) is 6.57. The van der Waals surface area contributed by atoms with E-state index in [2.05, 4.69) is 171 Å². The average Bonchev–Trinajstić information content (AvgIpc) is 1.28. The van der Waals surface area contributed by atoms with Crippen molar-refractivity contribution < 1.29 is 23.0 Å². The third-order valence-electron chi connectivity index (χ3n) is 15.2. The molecular formula is C74H62N4OSi. The lowest BCUT2D eigenvalue weighted by Gasteiger charge is -2.35. The molecule has 0 saturated carbocycles. The van der Waals surface area contributed by atoms with E-state index in [1.54, 1.807) is 16.7 Å². The molecule has 5 nitrogen and oxygen atoms in total. The van der Waals surface area contributed by atoms with Gasteiger partial charge in [-0.05, 0) is 107 Å². The standard InChI is InChI=1S/C74H62N4OSi/c1-73(2,3)54-43-44-75-71(47-54)78-65-40-23-22-39-61(65)64-49-70(80(58-33-16-9-17-34-58,59-35-18-10-19-36-59)60-37-20-11-21-38-60)69(50-68(64)78)79-57-32-26-31-56(48-57)76-51-77(67-42-25-24-41-66(67)76)72-62(52-27-12-7-13-28-52)45-55(74(4,5)6)46-63(72)53-29-14-8-15-30-53/h7-50H,1-6H3/i7D,8D,12D,13D,14D,15D,27D,28D,29D,30D. The molecule has 0 amide bonds. The van der Waals surface area contributed by atoms with Crippen molar-refractivity contribution in [2.24, 2.45) is 0 Å². The molecule has 0 aliphatic rings. The molecule has 0 aliphatic heterocycles. The number of aromatic nitrogens is 4. The van der Waals surface area contributed by atoms with Gasteiger partial charge in [0, 0.05) is 23.0 Å². The summed E-state index contributed by atoms with van der Waals surface area (Å²) in [4.78, 5) is 5.05. The van der Waals surface area contributed by atoms with Crippen molar-refractivity contribution >= 4 is 61.7 Å². The van der Waals surface area contributed by atoms with Crippen molar-refractivity contribution in [1.82, 2.24) is 14.1 Å². The lowest BCUT2D eigenvalue weighted by Crippen LogP contribution is -2.74. The van der Waals surface area contributed by atoms with E-state index in [0.29, 0.717) is 33.8 Å². The smallest absolute Gasteiger partial charge is 0.269 e. The van der Waals surface area contributed by atoms with Crippen LogP contribution >= 0.6 is 0 Å². The molecule has 13 aromatic rings. The molecule has 6 heteroatoms. The molecule has 0 saturated heterocycles. The average molecular weight is 1060 g/mol. The zero-order valence-electron chi connectivity index (χ0n) is 55.3. The minimum absolute atomic E-state index is 0.130. The monoisotopic (exact) mass is 1060 g/mol. The highest BCUT2D eigenvalue weighted by atomic mass is 28.3. The van der Waals surface area contributed by atoms with Gasteiger partial charge in [0.2, 0.25) is 0 Å². The Bertz CT molecular complexity index is 4770. The van der Waals surface area contributed by atoms with Gasteiger partial charge in [0.25, 0.3) is 6.33 Å². The maximum absolute atomic E-state index is 9.42. The number of hydrogen-bond donors (Lipinski definition) is 0. The van der Waals surface area contributed by atoms with E-state index < -0.39 is 73.9 Å². The Balaban J connectivity index is 1.09. The van der Waals surface area contributed by atoms with Gasteiger partial charge in [-0.1, -0.05) is 254 Å². The fraction of sp³-hybridized carbons (Fsp3) is 0.108. The topological polar surface area (TPSA) is 35.9 Å². The van der Waals surface area contributed by atoms with E-state index in [4.69, 9.17) is 17.9 Å². The number of para-hydroxylation sites is 3. The van der Waals surface area contributed by atoms with Gasteiger partial charge in [-0.2, -0.15) is 0 Å². The van der Waals surface area contributed by atoms with E-state index in [0.717, 1.165) is 53.9 Å². The maximum Gasteiger partial charge on any atom is 0.269 e. The molecule has 3 heterocycles. The largest absolute Gasteiger partial charge is 0.458 e. The number of fused-ring (bicyclic) bond motifs is 4. The van der Waals surface area contributed by atoms with Crippen molar-refractivity contribution in [2.45, 2.75) is 52.4 Å². The fourth-order valence-electron chi connectivity index (χ4n) is 11.3. The summed E-state index contributed by atoms with van der Waals surface area (Å²) >= 11 is 0. The molecule has 0 N–H and O–H groups in total. The van der Waals surface area contributed by atoms with Gasteiger partial charge in [0.1, 0.15) is 17.3 Å². The van der Waals surface area contributed by atoms with Crippen LogP contribution in [0.15, 0.2) is 267 Å². The Kier molecular flexibility index (Phi) is 10.0. The molecule has 0 aliphatic carbocycles. The maximum atomic E-state index is 9.42. The fourth-order valence-corrected chi connectivity index (χ4v) is 16.2. The van der Waals surface area contributed by atoms with Gasteiger partial charge in [-0.3, -0.25) is 13.7 Å². The van der Waals surface area contributed by atoms with Gasteiger partial charge in [-0.15, -0.1) is 0 Å². The number of imidazole rings is 1. The summed E-state index contributed by atoms with van der Waals surface area (Å²) in [5.41, 5.74) is 4.88. The summed E-state index contributed by atoms with van der Waals surface area (Å²) in [6, 6.07) is 63.0. The van der Waals surface area contributed by atoms with Gasteiger partial charge in [0.05, 0.1) is 47.1 Å².